The highest BCUT2D eigenvalue weighted by molar-refractivity contribution is 5.79. The molecule has 6 nitrogen and oxygen atoms in total. The van der Waals surface area contributed by atoms with E-state index in [4.69, 9.17) is 15.1 Å². The molecule has 0 atom stereocenters. The Morgan fingerprint density at radius 2 is 1.53 bits per heavy atom. The van der Waals surface area contributed by atoms with E-state index in [-0.39, 0.29) is 0 Å². The van der Waals surface area contributed by atoms with Crippen molar-refractivity contribution in [1.82, 2.24) is 24.6 Å². The van der Waals surface area contributed by atoms with Crippen molar-refractivity contribution in [2.24, 2.45) is 0 Å². The second-order valence-corrected chi connectivity index (χ2v) is 9.02. The van der Waals surface area contributed by atoms with Gasteiger partial charge in [0.2, 0.25) is 0 Å². The summed E-state index contributed by atoms with van der Waals surface area (Å²) < 4.78 is 1.97. The Balaban J connectivity index is 1.49. The van der Waals surface area contributed by atoms with E-state index >= 15 is 0 Å². The quantitative estimate of drug-likeness (QED) is 0.655. The topological polar surface area (TPSA) is 50.1 Å². The molecule has 1 saturated heterocycles. The monoisotopic (exact) mass is 404 g/mol. The first-order valence-corrected chi connectivity index (χ1v) is 11.4. The number of hydrogen-bond acceptors (Lipinski definition) is 5. The van der Waals surface area contributed by atoms with Crippen molar-refractivity contribution in [3.8, 4) is 5.82 Å². The van der Waals surface area contributed by atoms with Crippen LogP contribution in [-0.4, -0.2) is 56.9 Å². The van der Waals surface area contributed by atoms with Crippen LogP contribution >= 0.6 is 0 Å². The fourth-order valence-electron chi connectivity index (χ4n) is 5.09. The molecule has 0 N–H and O–H groups in total. The number of hydrogen-bond donors (Lipinski definition) is 0. The maximum Gasteiger partial charge on any atom is 0.197 e. The van der Waals surface area contributed by atoms with Crippen LogP contribution in [-0.2, 0) is 0 Å². The van der Waals surface area contributed by atoms with Crippen molar-refractivity contribution < 1.29 is 0 Å². The molecule has 1 aromatic carbocycles. The minimum Gasteiger partial charge on any atom is -0.351 e. The second kappa shape index (κ2) is 7.99. The minimum absolute atomic E-state index is 0.780. The smallest absolute Gasteiger partial charge is 0.197 e. The van der Waals surface area contributed by atoms with E-state index in [9.17, 15) is 0 Å². The van der Waals surface area contributed by atoms with Crippen molar-refractivity contribution in [2.75, 3.05) is 31.1 Å². The highest BCUT2D eigenvalue weighted by atomic mass is 15.4. The van der Waals surface area contributed by atoms with Crippen molar-refractivity contribution in [1.29, 1.82) is 0 Å². The van der Waals surface area contributed by atoms with Crippen LogP contribution in [0.1, 0.15) is 49.1 Å². The minimum atomic E-state index is 0.780. The first kappa shape index (κ1) is 19.5. The number of nitrogens with zero attached hydrogens (tertiary/aromatic N) is 6. The van der Waals surface area contributed by atoms with Gasteiger partial charge in [-0.05, 0) is 57.4 Å². The SMILES string of the molecule is Cc1ccc2nc(N3CCN(C4CCCCC4)CC3)c(-n3nc(C)cc3C)nc2c1. The largest absolute Gasteiger partial charge is 0.351 e. The van der Waals surface area contributed by atoms with E-state index in [1.54, 1.807) is 0 Å². The lowest BCUT2D eigenvalue weighted by Crippen LogP contribution is -2.51. The molecule has 2 aliphatic rings. The van der Waals surface area contributed by atoms with Crippen LogP contribution in [0.5, 0.6) is 0 Å². The molecule has 0 spiro atoms. The standard InChI is InChI=1S/C24H32N6/c1-17-9-10-21-22(15-17)26-24(30-19(3)16-18(2)27-30)23(25-21)29-13-11-28(12-14-29)20-7-5-4-6-8-20/h9-10,15-16,20H,4-8,11-14H2,1-3H3. The van der Waals surface area contributed by atoms with E-state index in [1.807, 2.05) is 11.6 Å². The van der Waals surface area contributed by atoms with Crippen LogP contribution in [0, 0.1) is 20.8 Å². The molecule has 5 rings (SSSR count). The van der Waals surface area contributed by atoms with Crippen molar-refractivity contribution in [3.63, 3.8) is 0 Å². The summed E-state index contributed by atoms with van der Waals surface area (Å²) in [6.07, 6.45) is 6.93. The van der Waals surface area contributed by atoms with Crippen molar-refractivity contribution >= 4 is 16.9 Å². The number of aryl methyl sites for hydroxylation is 3. The van der Waals surface area contributed by atoms with Crippen LogP contribution < -0.4 is 4.90 Å². The maximum atomic E-state index is 5.09. The van der Waals surface area contributed by atoms with Gasteiger partial charge in [0.05, 0.1) is 16.7 Å². The van der Waals surface area contributed by atoms with Gasteiger partial charge in [0.25, 0.3) is 0 Å². The van der Waals surface area contributed by atoms with E-state index in [0.717, 1.165) is 66.3 Å². The van der Waals surface area contributed by atoms with Crippen LogP contribution in [0.2, 0.25) is 0 Å². The zero-order chi connectivity index (χ0) is 20.7. The zero-order valence-corrected chi connectivity index (χ0v) is 18.4. The molecular formula is C24H32N6. The van der Waals surface area contributed by atoms with E-state index in [0.29, 0.717) is 0 Å². The highest BCUT2D eigenvalue weighted by Gasteiger charge is 2.28. The van der Waals surface area contributed by atoms with Crippen LogP contribution in [0.4, 0.5) is 5.82 Å². The highest BCUT2D eigenvalue weighted by Crippen LogP contribution is 2.28. The van der Waals surface area contributed by atoms with Gasteiger partial charge in [-0.1, -0.05) is 25.3 Å². The first-order chi connectivity index (χ1) is 14.6. The third-order valence-electron chi connectivity index (χ3n) is 6.70. The molecule has 30 heavy (non-hydrogen) atoms. The molecule has 1 aliphatic heterocycles. The molecule has 6 heteroatoms. The average molecular weight is 405 g/mol. The van der Waals surface area contributed by atoms with Gasteiger partial charge in [-0.15, -0.1) is 0 Å². The molecule has 3 aromatic rings. The van der Waals surface area contributed by atoms with Gasteiger partial charge in [0.15, 0.2) is 11.6 Å². The van der Waals surface area contributed by atoms with Crippen LogP contribution in [0.3, 0.4) is 0 Å². The summed E-state index contributed by atoms with van der Waals surface area (Å²) >= 11 is 0. The lowest BCUT2D eigenvalue weighted by Gasteiger charge is -2.41. The summed E-state index contributed by atoms with van der Waals surface area (Å²) in [6.45, 7) is 10.4. The molecule has 3 heterocycles. The number of benzene rings is 1. The van der Waals surface area contributed by atoms with Gasteiger partial charge >= 0.3 is 0 Å². The van der Waals surface area contributed by atoms with Gasteiger partial charge in [0, 0.05) is 37.9 Å². The lowest BCUT2D eigenvalue weighted by molar-refractivity contribution is 0.147. The van der Waals surface area contributed by atoms with Crippen molar-refractivity contribution in [2.45, 2.75) is 58.9 Å². The van der Waals surface area contributed by atoms with E-state index < -0.39 is 0 Å². The summed E-state index contributed by atoms with van der Waals surface area (Å²) in [4.78, 5) is 15.3. The van der Waals surface area contributed by atoms with Crippen LogP contribution in [0.25, 0.3) is 16.9 Å². The molecule has 0 bridgehead atoms. The van der Waals surface area contributed by atoms with Gasteiger partial charge in [-0.2, -0.15) is 5.10 Å². The zero-order valence-electron chi connectivity index (χ0n) is 18.4. The summed E-state index contributed by atoms with van der Waals surface area (Å²) in [6, 6.07) is 9.20. The lowest BCUT2D eigenvalue weighted by atomic mass is 9.94. The maximum absolute atomic E-state index is 5.09. The summed E-state index contributed by atoms with van der Waals surface area (Å²) in [5.74, 6) is 1.81. The Morgan fingerprint density at radius 3 is 2.23 bits per heavy atom. The molecule has 1 saturated carbocycles. The molecule has 2 fully saturated rings. The number of rotatable bonds is 3. The second-order valence-electron chi connectivity index (χ2n) is 9.02. The van der Waals surface area contributed by atoms with Gasteiger partial charge in [-0.3, -0.25) is 4.90 Å². The Labute approximate surface area is 178 Å². The molecule has 1 aliphatic carbocycles. The molecule has 2 aromatic heterocycles. The first-order valence-electron chi connectivity index (χ1n) is 11.4. The molecule has 0 unspecified atom stereocenters. The fourth-order valence-corrected chi connectivity index (χ4v) is 5.09. The molecule has 158 valence electrons. The molecule has 0 amide bonds. The predicted octanol–water partition coefficient (Wildman–Crippen LogP) is 4.20. The normalized spacial score (nSPS) is 19.0. The molecular weight excluding hydrogens is 372 g/mol. The summed E-state index contributed by atoms with van der Waals surface area (Å²) in [5.41, 5.74) is 5.19. The van der Waals surface area contributed by atoms with Gasteiger partial charge in [-0.25, -0.2) is 14.6 Å². The van der Waals surface area contributed by atoms with Gasteiger partial charge < -0.3 is 4.90 Å². The Hall–Kier alpha value is -2.47. The van der Waals surface area contributed by atoms with Crippen LogP contribution in [0.15, 0.2) is 24.3 Å². The average Bonchev–Trinajstić information content (AvgIpc) is 3.11. The molecule has 0 radical (unpaired) electrons. The predicted molar refractivity (Wildman–Crippen MR) is 122 cm³/mol. The van der Waals surface area contributed by atoms with Gasteiger partial charge in [0.1, 0.15) is 0 Å². The third kappa shape index (κ3) is 3.69. The Morgan fingerprint density at radius 1 is 0.800 bits per heavy atom. The number of anilines is 1. The summed E-state index contributed by atoms with van der Waals surface area (Å²) in [7, 11) is 0. The number of fused-ring (bicyclic) bond motifs is 1. The van der Waals surface area contributed by atoms with Crippen molar-refractivity contribution in [3.05, 3.63) is 41.2 Å². The van der Waals surface area contributed by atoms with E-state index in [1.165, 1.54) is 37.7 Å². The fraction of sp³-hybridized carbons (Fsp3) is 0.542. The third-order valence-corrected chi connectivity index (χ3v) is 6.70. The Kier molecular flexibility index (Phi) is 5.19. The van der Waals surface area contributed by atoms with E-state index in [2.05, 4.69) is 47.9 Å². The summed E-state index contributed by atoms with van der Waals surface area (Å²) in [5, 5.41) is 4.73. The number of piperazine rings is 1. The number of aromatic nitrogens is 4. The Bertz CT molecular complexity index is 1040.